The Morgan fingerprint density at radius 1 is 1.44 bits per heavy atom. The molecule has 0 radical (unpaired) electrons. The lowest BCUT2D eigenvalue weighted by molar-refractivity contribution is 0.418. The van der Waals surface area contributed by atoms with Gasteiger partial charge in [-0.2, -0.15) is 5.10 Å². The van der Waals surface area contributed by atoms with E-state index < -0.39 is 0 Å². The standard InChI is InChI=1S/C11H14N4O/c1-3-15-7-13-11(14-15)8-5-4-6-9(12)10(8)16-2/h4-7H,3,12H2,1-2H3. The van der Waals surface area contributed by atoms with Gasteiger partial charge in [0.2, 0.25) is 0 Å². The van der Waals surface area contributed by atoms with Gasteiger partial charge in [-0.25, -0.2) is 4.98 Å². The van der Waals surface area contributed by atoms with Crippen LogP contribution in [-0.4, -0.2) is 21.9 Å². The Labute approximate surface area is 93.9 Å². The van der Waals surface area contributed by atoms with Crippen molar-refractivity contribution in [2.24, 2.45) is 0 Å². The molecule has 0 fully saturated rings. The van der Waals surface area contributed by atoms with Gasteiger partial charge in [0.1, 0.15) is 6.33 Å². The minimum atomic E-state index is 0.591. The summed E-state index contributed by atoms with van der Waals surface area (Å²) in [6, 6.07) is 5.55. The van der Waals surface area contributed by atoms with Gasteiger partial charge in [0.15, 0.2) is 11.6 Å². The summed E-state index contributed by atoms with van der Waals surface area (Å²) >= 11 is 0. The summed E-state index contributed by atoms with van der Waals surface area (Å²) in [5.74, 6) is 1.25. The van der Waals surface area contributed by atoms with Crippen molar-refractivity contribution in [1.82, 2.24) is 14.8 Å². The molecule has 5 heteroatoms. The predicted octanol–water partition coefficient (Wildman–Crippen LogP) is 1.56. The van der Waals surface area contributed by atoms with E-state index in [-0.39, 0.29) is 0 Å². The van der Waals surface area contributed by atoms with Gasteiger partial charge in [0, 0.05) is 6.54 Å². The second-order valence-corrected chi connectivity index (χ2v) is 3.35. The number of nitrogens with zero attached hydrogens (tertiary/aromatic N) is 3. The fourth-order valence-electron chi connectivity index (χ4n) is 1.53. The van der Waals surface area contributed by atoms with Crippen LogP contribution in [-0.2, 0) is 6.54 Å². The van der Waals surface area contributed by atoms with Crippen LogP contribution in [0.4, 0.5) is 5.69 Å². The second-order valence-electron chi connectivity index (χ2n) is 3.35. The van der Waals surface area contributed by atoms with Crippen LogP contribution in [0, 0.1) is 0 Å². The van der Waals surface area contributed by atoms with Crippen LogP contribution in [0.5, 0.6) is 5.75 Å². The molecule has 0 unspecified atom stereocenters. The van der Waals surface area contributed by atoms with E-state index >= 15 is 0 Å². The maximum absolute atomic E-state index is 5.82. The predicted molar refractivity (Wildman–Crippen MR) is 62.1 cm³/mol. The number of rotatable bonds is 3. The molecule has 16 heavy (non-hydrogen) atoms. The number of benzene rings is 1. The molecule has 1 aromatic carbocycles. The molecule has 0 aliphatic carbocycles. The number of para-hydroxylation sites is 1. The summed E-state index contributed by atoms with van der Waals surface area (Å²) in [7, 11) is 1.59. The molecule has 0 atom stereocenters. The zero-order chi connectivity index (χ0) is 11.5. The van der Waals surface area contributed by atoms with Crippen molar-refractivity contribution < 1.29 is 4.74 Å². The van der Waals surface area contributed by atoms with Crippen LogP contribution in [0.25, 0.3) is 11.4 Å². The van der Waals surface area contributed by atoms with E-state index in [1.807, 2.05) is 19.1 Å². The van der Waals surface area contributed by atoms with Gasteiger partial charge in [-0.3, -0.25) is 4.68 Å². The maximum atomic E-state index is 5.82. The third-order valence-electron chi connectivity index (χ3n) is 2.35. The molecule has 0 aliphatic heterocycles. The molecular formula is C11H14N4O. The third kappa shape index (κ3) is 1.71. The topological polar surface area (TPSA) is 66.0 Å². The molecule has 0 aliphatic rings. The summed E-state index contributed by atoms with van der Waals surface area (Å²) in [6.45, 7) is 2.80. The Hall–Kier alpha value is -2.04. The first kappa shape index (κ1) is 10.5. The van der Waals surface area contributed by atoms with E-state index in [2.05, 4.69) is 10.1 Å². The van der Waals surface area contributed by atoms with Gasteiger partial charge in [0.05, 0.1) is 18.4 Å². The summed E-state index contributed by atoms with van der Waals surface area (Å²) in [4.78, 5) is 4.22. The van der Waals surface area contributed by atoms with Gasteiger partial charge in [-0.05, 0) is 19.1 Å². The number of nitrogen functional groups attached to an aromatic ring is 1. The average molecular weight is 218 g/mol. The Balaban J connectivity index is 2.50. The molecule has 2 aromatic rings. The number of aromatic nitrogens is 3. The Morgan fingerprint density at radius 2 is 2.25 bits per heavy atom. The van der Waals surface area contributed by atoms with E-state index in [1.54, 1.807) is 24.2 Å². The molecule has 1 aromatic heterocycles. The van der Waals surface area contributed by atoms with Crippen LogP contribution < -0.4 is 10.5 Å². The van der Waals surface area contributed by atoms with Crippen LogP contribution in [0.1, 0.15) is 6.92 Å². The van der Waals surface area contributed by atoms with E-state index in [9.17, 15) is 0 Å². The Kier molecular flexibility index (Phi) is 2.76. The average Bonchev–Trinajstić information content (AvgIpc) is 2.77. The van der Waals surface area contributed by atoms with E-state index in [0.717, 1.165) is 12.1 Å². The number of methoxy groups -OCH3 is 1. The summed E-state index contributed by atoms with van der Waals surface area (Å²) in [5, 5.41) is 4.32. The Morgan fingerprint density at radius 3 is 2.88 bits per heavy atom. The number of hydrogen-bond acceptors (Lipinski definition) is 4. The summed E-state index contributed by atoms with van der Waals surface area (Å²) < 4.78 is 7.02. The molecule has 0 amide bonds. The van der Waals surface area contributed by atoms with Gasteiger partial charge in [0.25, 0.3) is 0 Å². The molecule has 0 saturated heterocycles. The quantitative estimate of drug-likeness (QED) is 0.794. The SMILES string of the molecule is CCn1cnc(-c2cccc(N)c2OC)n1. The van der Waals surface area contributed by atoms with Crippen molar-refractivity contribution in [2.45, 2.75) is 13.5 Å². The summed E-state index contributed by atoms with van der Waals surface area (Å²) in [6.07, 6.45) is 1.69. The number of ether oxygens (including phenoxy) is 1. The third-order valence-corrected chi connectivity index (χ3v) is 2.35. The minimum absolute atomic E-state index is 0.591. The monoisotopic (exact) mass is 218 g/mol. The van der Waals surface area contributed by atoms with Crippen molar-refractivity contribution >= 4 is 5.69 Å². The molecule has 2 rings (SSSR count). The minimum Gasteiger partial charge on any atom is -0.494 e. The van der Waals surface area contributed by atoms with Gasteiger partial charge in [-0.1, -0.05) is 6.07 Å². The Bertz CT molecular complexity index is 492. The number of hydrogen-bond donors (Lipinski definition) is 1. The van der Waals surface area contributed by atoms with Crippen molar-refractivity contribution in [3.05, 3.63) is 24.5 Å². The van der Waals surface area contributed by atoms with Crippen molar-refractivity contribution in [3.63, 3.8) is 0 Å². The molecule has 0 bridgehead atoms. The molecule has 5 nitrogen and oxygen atoms in total. The second kappa shape index (κ2) is 4.22. The normalized spacial score (nSPS) is 10.4. The van der Waals surface area contributed by atoms with Gasteiger partial charge in [-0.15, -0.1) is 0 Å². The molecule has 2 N–H and O–H groups in total. The first-order chi connectivity index (χ1) is 7.76. The number of nitrogens with two attached hydrogens (primary N) is 1. The number of aryl methyl sites for hydroxylation is 1. The van der Waals surface area contributed by atoms with Crippen LogP contribution in [0.15, 0.2) is 24.5 Å². The molecule has 0 saturated carbocycles. The van der Waals surface area contributed by atoms with Crippen molar-refractivity contribution in [2.75, 3.05) is 12.8 Å². The molecule has 1 heterocycles. The lowest BCUT2D eigenvalue weighted by Crippen LogP contribution is -1.97. The molecule has 84 valence electrons. The van der Waals surface area contributed by atoms with Crippen LogP contribution in [0.3, 0.4) is 0 Å². The largest absolute Gasteiger partial charge is 0.494 e. The van der Waals surface area contributed by atoms with E-state index in [0.29, 0.717) is 17.3 Å². The zero-order valence-electron chi connectivity index (χ0n) is 9.34. The summed E-state index contributed by atoms with van der Waals surface area (Å²) in [5.41, 5.74) is 7.23. The number of anilines is 1. The molecule has 0 spiro atoms. The van der Waals surface area contributed by atoms with Crippen molar-refractivity contribution in [1.29, 1.82) is 0 Å². The highest BCUT2D eigenvalue weighted by atomic mass is 16.5. The highest BCUT2D eigenvalue weighted by Gasteiger charge is 2.12. The van der Waals surface area contributed by atoms with E-state index in [1.165, 1.54) is 0 Å². The first-order valence-electron chi connectivity index (χ1n) is 5.08. The van der Waals surface area contributed by atoms with Crippen LogP contribution in [0.2, 0.25) is 0 Å². The van der Waals surface area contributed by atoms with Gasteiger partial charge >= 0.3 is 0 Å². The smallest absolute Gasteiger partial charge is 0.184 e. The highest BCUT2D eigenvalue weighted by Crippen LogP contribution is 2.32. The van der Waals surface area contributed by atoms with Crippen LogP contribution >= 0.6 is 0 Å². The maximum Gasteiger partial charge on any atom is 0.184 e. The zero-order valence-corrected chi connectivity index (χ0v) is 9.34. The van der Waals surface area contributed by atoms with Gasteiger partial charge < -0.3 is 10.5 Å². The fraction of sp³-hybridized carbons (Fsp3) is 0.273. The van der Waals surface area contributed by atoms with E-state index in [4.69, 9.17) is 10.5 Å². The fourth-order valence-corrected chi connectivity index (χ4v) is 1.53. The lowest BCUT2D eigenvalue weighted by Gasteiger charge is -2.07. The first-order valence-corrected chi connectivity index (χ1v) is 5.08. The van der Waals surface area contributed by atoms with Crippen molar-refractivity contribution in [3.8, 4) is 17.1 Å². The molecular weight excluding hydrogens is 204 g/mol. The highest BCUT2D eigenvalue weighted by molar-refractivity contribution is 5.72. The lowest BCUT2D eigenvalue weighted by atomic mass is 10.1.